The zero-order chi connectivity index (χ0) is 8.10. The van der Waals surface area contributed by atoms with Crippen LogP contribution >= 0.6 is 34.8 Å². The van der Waals surface area contributed by atoms with Crippen molar-refractivity contribution in [2.24, 2.45) is 5.14 Å². The molecule has 1 rings (SSSR count). The molecule has 1 aromatic rings. The summed E-state index contributed by atoms with van der Waals surface area (Å²) in [7, 11) is 0. The molecule has 0 bridgehead atoms. The van der Waals surface area contributed by atoms with E-state index >= 15 is 0 Å². The molecule has 1 aromatic heterocycles. The topological polar surface area (TPSA) is 50.9 Å². The molecule has 0 saturated heterocycles. The number of nitrogens with one attached hydrogen (secondary N) is 1. The standard InChI is InChI=1S/C6H8IN3S/c7-10-4-5-3-9-2-1-6(5)11-8/h1-3,10H,4,8H2. The van der Waals surface area contributed by atoms with Crippen molar-refractivity contribution in [2.45, 2.75) is 11.4 Å². The van der Waals surface area contributed by atoms with Gasteiger partial charge in [-0.1, -0.05) is 0 Å². The number of halogens is 1. The van der Waals surface area contributed by atoms with E-state index in [2.05, 4.69) is 31.4 Å². The fourth-order valence-electron chi connectivity index (χ4n) is 0.734. The monoisotopic (exact) mass is 281 g/mol. The zero-order valence-electron chi connectivity index (χ0n) is 5.75. The van der Waals surface area contributed by atoms with E-state index in [0.717, 1.165) is 17.0 Å². The third kappa shape index (κ3) is 2.58. The first-order chi connectivity index (χ1) is 5.38. The Morgan fingerprint density at radius 3 is 3.18 bits per heavy atom. The molecule has 0 fully saturated rings. The molecule has 3 N–H and O–H groups in total. The van der Waals surface area contributed by atoms with Gasteiger partial charge in [0.1, 0.15) is 0 Å². The summed E-state index contributed by atoms with van der Waals surface area (Å²) < 4.78 is 3.02. The quantitative estimate of drug-likeness (QED) is 0.500. The molecule has 0 saturated carbocycles. The lowest BCUT2D eigenvalue weighted by molar-refractivity contribution is 0.959. The van der Waals surface area contributed by atoms with Crippen LogP contribution in [0.5, 0.6) is 0 Å². The number of hydrogen-bond donors (Lipinski definition) is 2. The minimum Gasteiger partial charge on any atom is -0.274 e. The second kappa shape index (κ2) is 4.91. The number of aromatic nitrogens is 1. The first kappa shape index (κ1) is 9.24. The summed E-state index contributed by atoms with van der Waals surface area (Å²) in [5.74, 6) is 0. The van der Waals surface area contributed by atoms with E-state index in [1.54, 1.807) is 6.20 Å². The number of hydrogen-bond acceptors (Lipinski definition) is 4. The predicted molar refractivity (Wildman–Crippen MR) is 55.1 cm³/mol. The maximum Gasteiger partial charge on any atom is 0.0328 e. The Bertz CT molecular complexity index is 231. The third-order valence-electron chi connectivity index (χ3n) is 1.24. The van der Waals surface area contributed by atoms with Crippen molar-refractivity contribution in [1.82, 2.24) is 8.51 Å². The van der Waals surface area contributed by atoms with Gasteiger partial charge in [-0.25, -0.2) is 0 Å². The molecule has 0 amide bonds. The zero-order valence-corrected chi connectivity index (χ0v) is 8.72. The van der Waals surface area contributed by atoms with Crippen LogP contribution in [0.25, 0.3) is 0 Å². The molecule has 0 unspecified atom stereocenters. The smallest absolute Gasteiger partial charge is 0.0328 e. The van der Waals surface area contributed by atoms with Crippen molar-refractivity contribution in [3.8, 4) is 0 Å². The van der Waals surface area contributed by atoms with E-state index in [4.69, 9.17) is 5.14 Å². The van der Waals surface area contributed by atoms with Crippen LogP contribution in [0.1, 0.15) is 5.56 Å². The third-order valence-corrected chi connectivity index (χ3v) is 2.28. The molecular formula is C6H8IN3S. The fraction of sp³-hybridized carbons (Fsp3) is 0.167. The number of nitrogens with two attached hydrogens (primary N) is 1. The molecule has 0 spiro atoms. The van der Waals surface area contributed by atoms with Crippen molar-refractivity contribution < 1.29 is 0 Å². The van der Waals surface area contributed by atoms with Crippen molar-refractivity contribution in [2.75, 3.05) is 0 Å². The van der Waals surface area contributed by atoms with Crippen molar-refractivity contribution in [3.63, 3.8) is 0 Å². The first-order valence-electron chi connectivity index (χ1n) is 3.01. The van der Waals surface area contributed by atoms with Crippen LogP contribution in [0.2, 0.25) is 0 Å². The fourth-order valence-corrected chi connectivity index (χ4v) is 1.56. The number of pyridine rings is 1. The van der Waals surface area contributed by atoms with Gasteiger partial charge in [0.25, 0.3) is 0 Å². The highest BCUT2D eigenvalue weighted by Gasteiger charge is 1.98. The second-order valence-electron chi connectivity index (χ2n) is 1.91. The van der Waals surface area contributed by atoms with Gasteiger partial charge in [0, 0.05) is 46.7 Å². The Balaban J connectivity index is 2.83. The Hall–Kier alpha value is 0.150. The molecule has 0 aliphatic carbocycles. The van der Waals surface area contributed by atoms with Gasteiger partial charge in [-0.05, 0) is 23.6 Å². The summed E-state index contributed by atoms with van der Waals surface area (Å²) in [5, 5.41) is 5.44. The van der Waals surface area contributed by atoms with E-state index in [9.17, 15) is 0 Å². The molecule has 0 aromatic carbocycles. The molecule has 11 heavy (non-hydrogen) atoms. The molecule has 0 aliphatic heterocycles. The van der Waals surface area contributed by atoms with Crippen molar-refractivity contribution >= 4 is 34.8 Å². The van der Waals surface area contributed by atoms with Gasteiger partial charge >= 0.3 is 0 Å². The highest BCUT2D eigenvalue weighted by Crippen LogP contribution is 2.15. The lowest BCUT2D eigenvalue weighted by Crippen LogP contribution is -2.00. The van der Waals surface area contributed by atoms with Crippen LogP contribution < -0.4 is 8.67 Å². The SMILES string of the molecule is NSc1ccncc1CNI. The van der Waals surface area contributed by atoms with Gasteiger partial charge in [-0.2, -0.15) is 0 Å². The molecule has 3 nitrogen and oxygen atoms in total. The van der Waals surface area contributed by atoms with Crippen molar-refractivity contribution in [3.05, 3.63) is 24.0 Å². The molecule has 60 valence electrons. The van der Waals surface area contributed by atoms with E-state index in [1.165, 1.54) is 11.9 Å². The second-order valence-corrected chi connectivity index (χ2v) is 3.35. The maximum absolute atomic E-state index is 5.44. The molecule has 0 aliphatic rings. The number of nitrogens with zero attached hydrogens (tertiary/aromatic N) is 1. The van der Waals surface area contributed by atoms with Crippen LogP contribution in [-0.4, -0.2) is 4.98 Å². The summed E-state index contributed by atoms with van der Waals surface area (Å²) in [6, 6.07) is 1.91. The largest absolute Gasteiger partial charge is 0.274 e. The average molecular weight is 281 g/mol. The Morgan fingerprint density at radius 1 is 1.73 bits per heavy atom. The summed E-state index contributed by atoms with van der Waals surface area (Å²) in [6.45, 7) is 0.800. The molecule has 0 atom stereocenters. The number of rotatable bonds is 3. The van der Waals surface area contributed by atoms with E-state index < -0.39 is 0 Å². The summed E-state index contributed by atoms with van der Waals surface area (Å²) in [5.41, 5.74) is 1.13. The van der Waals surface area contributed by atoms with Crippen molar-refractivity contribution in [1.29, 1.82) is 0 Å². The highest BCUT2D eigenvalue weighted by molar-refractivity contribution is 14.1. The van der Waals surface area contributed by atoms with Gasteiger partial charge in [0.2, 0.25) is 0 Å². The minimum absolute atomic E-state index is 0.800. The van der Waals surface area contributed by atoms with Gasteiger partial charge in [-0.3, -0.25) is 13.7 Å². The van der Waals surface area contributed by atoms with Gasteiger partial charge < -0.3 is 0 Å². The van der Waals surface area contributed by atoms with Gasteiger partial charge in [0.05, 0.1) is 0 Å². The van der Waals surface area contributed by atoms with Crippen LogP contribution in [0.15, 0.2) is 23.4 Å². The van der Waals surface area contributed by atoms with Gasteiger partial charge in [-0.15, -0.1) is 0 Å². The molecule has 1 heterocycles. The Morgan fingerprint density at radius 2 is 2.55 bits per heavy atom. The minimum atomic E-state index is 0.800. The van der Waals surface area contributed by atoms with Crippen LogP contribution in [0.4, 0.5) is 0 Å². The van der Waals surface area contributed by atoms with Crippen LogP contribution in [-0.2, 0) is 6.54 Å². The Kier molecular flexibility index (Phi) is 4.13. The summed E-state index contributed by atoms with van der Waals surface area (Å²) >= 11 is 3.35. The van der Waals surface area contributed by atoms with E-state index in [1.807, 2.05) is 12.3 Å². The summed E-state index contributed by atoms with van der Waals surface area (Å²) in [4.78, 5) is 5.07. The lowest BCUT2D eigenvalue weighted by Gasteiger charge is -2.02. The molecule has 0 radical (unpaired) electrons. The highest BCUT2D eigenvalue weighted by atomic mass is 127. The predicted octanol–water partition coefficient (Wildman–Crippen LogP) is 1.49. The normalized spacial score (nSPS) is 10.0. The van der Waals surface area contributed by atoms with Gasteiger partial charge in [0.15, 0.2) is 0 Å². The van der Waals surface area contributed by atoms with E-state index in [-0.39, 0.29) is 0 Å². The maximum atomic E-state index is 5.44. The lowest BCUT2D eigenvalue weighted by atomic mass is 10.3. The van der Waals surface area contributed by atoms with Crippen LogP contribution in [0.3, 0.4) is 0 Å². The average Bonchev–Trinajstić information content (AvgIpc) is 2.06. The van der Waals surface area contributed by atoms with E-state index in [0.29, 0.717) is 0 Å². The summed E-state index contributed by atoms with van der Waals surface area (Å²) in [6.07, 6.45) is 3.56. The molecular weight excluding hydrogens is 273 g/mol. The first-order valence-corrected chi connectivity index (χ1v) is 4.97. The van der Waals surface area contributed by atoms with Crippen LogP contribution in [0, 0.1) is 0 Å². The molecule has 5 heteroatoms. The Labute approximate surface area is 83.8 Å².